The number of hydrogen-bond donors (Lipinski definition) is 0. The van der Waals surface area contributed by atoms with Gasteiger partial charge in [-0.15, -0.1) is 0 Å². The molecule has 11 rings (SSSR count). The SMILES string of the molecule is c1ccc(-c2ccc3c(c2)c2c4ccccc4ccc2n3-c2nc(-c3ccc4c(c3)oc3c5ccccc5ccc43)c3ccccc3n2)cc1. The number of hydrogen-bond acceptors (Lipinski definition) is 3. The second-order valence-electron chi connectivity index (χ2n) is 13.0. The van der Waals surface area contributed by atoms with Gasteiger partial charge in [0.15, 0.2) is 0 Å². The minimum Gasteiger partial charge on any atom is -0.455 e. The van der Waals surface area contributed by atoms with Crippen molar-refractivity contribution in [2.45, 2.75) is 0 Å². The largest absolute Gasteiger partial charge is 0.455 e. The fourth-order valence-electron chi connectivity index (χ4n) is 7.85. The van der Waals surface area contributed by atoms with E-state index in [4.69, 9.17) is 14.4 Å². The number of para-hydroxylation sites is 1. The predicted octanol–water partition coefficient (Wildman–Crippen LogP) is 12.3. The van der Waals surface area contributed by atoms with Crippen molar-refractivity contribution in [3.8, 4) is 28.3 Å². The highest BCUT2D eigenvalue weighted by molar-refractivity contribution is 6.22. The van der Waals surface area contributed by atoms with E-state index >= 15 is 0 Å². The van der Waals surface area contributed by atoms with Crippen LogP contribution in [0.5, 0.6) is 0 Å². The molecule has 50 heavy (non-hydrogen) atoms. The Bertz CT molecular complexity index is 3150. The summed E-state index contributed by atoms with van der Waals surface area (Å²) in [5, 5.41) is 10.3. The molecule has 0 saturated carbocycles. The molecule has 11 aromatic rings. The summed E-state index contributed by atoms with van der Waals surface area (Å²) in [6, 6.07) is 57.8. The molecule has 0 fully saturated rings. The molecule has 8 aromatic carbocycles. The first kappa shape index (κ1) is 27.2. The van der Waals surface area contributed by atoms with Crippen LogP contribution in [0.25, 0.3) is 105 Å². The topological polar surface area (TPSA) is 43.9 Å². The van der Waals surface area contributed by atoms with E-state index < -0.39 is 0 Å². The van der Waals surface area contributed by atoms with Crippen molar-refractivity contribution in [1.29, 1.82) is 0 Å². The Balaban J connectivity index is 1.19. The summed E-state index contributed by atoms with van der Waals surface area (Å²) in [5.41, 5.74) is 9.01. The Hall–Kier alpha value is -6.78. The molecule has 0 aliphatic carbocycles. The molecule has 0 spiro atoms. The number of fused-ring (bicyclic) bond motifs is 11. The van der Waals surface area contributed by atoms with Crippen LogP contribution in [0.15, 0.2) is 168 Å². The molecule has 4 heteroatoms. The molecule has 4 nitrogen and oxygen atoms in total. The summed E-state index contributed by atoms with van der Waals surface area (Å²) in [7, 11) is 0. The fourth-order valence-corrected chi connectivity index (χ4v) is 7.85. The van der Waals surface area contributed by atoms with E-state index in [0.29, 0.717) is 5.95 Å². The third kappa shape index (κ3) is 3.93. The van der Waals surface area contributed by atoms with Crippen LogP contribution in [-0.4, -0.2) is 14.5 Å². The summed E-state index contributed by atoms with van der Waals surface area (Å²) >= 11 is 0. The zero-order valence-corrected chi connectivity index (χ0v) is 26.8. The zero-order valence-electron chi connectivity index (χ0n) is 26.8. The molecular formula is C46H27N3O. The predicted molar refractivity (Wildman–Crippen MR) is 207 cm³/mol. The van der Waals surface area contributed by atoms with Gasteiger partial charge in [-0.25, -0.2) is 9.97 Å². The zero-order chi connectivity index (χ0) is 32.8. The van der Waals surface area contributed by atoms with Crippen LogP contribution in [0.2, 0.25) is 0 Å². The number of aromatic nitrogens is 3. The highest BCUT2D eigenvalue weighted by Gasteiger charge is 2.20. The lowest BCUT2D eigenvalue weighted by Gasteiger charge is -2.12. The first-order chi connectivity index (χ1) is 24.8. The van der Waals surface area contributed by atoms with E-state index in [1.54, 1.807) is 0 Å². The summed E-state index contributed by atoms with van der Waals surface area (Å²) in [5.74, 6) is 0.636. The molecule has 0 saturated heterocycles. The number of rotatable bonds is 3. The Morgan fingerprint density at radius 1 is 0.420 bits per heavy atom. The molecule has 3 aromatic heterocycles. The lowest BCUT2D eigenvalue weighted by atomic mass is 10.0. The Labute approximate surface area is 286 Å². The van der Waals surface area contributed by atoms with Gasteiger partial charge >= 0.3 is 0 Å². The number of nitrogens with zero attached hydrogens (tertiary/aromatic N) is 3. The van der Waals surface area contributed by atoms with Crippen LogP contribution in [0.3, 0.4) is 0 Å². The summed E-state index contributed by atoms with van der Waals surface area (Å²) in [6.45, 7) is 0. The second kappa shape index (κ2) is 10.4. The van der Waals surface area contributed by atoms with Gasteiger partial charge in [0.1, 0.15) is 11.2 Å². The first-order valence-electron chi connectivity index (χ1n) is 16.9. The van der Waals surface area contributed by atoms with Gasteiger partial charge in [0.25, 0.3) is 0 Å². The Morgan fingerprint density at radius 3 is 1.98 bits per heavy atom. The lowest BCUT2D eigenvalue weighted by Crippen LogP contribution is -2.03. The summed E-state index contributed by atoms with van der Waals surface area (Å²) in [4.78, 5) is 10.6. The normalized spacial score (nSPS) is 12.0. The van der Waals surface area contributed by atoms with Gasteiger partial charge < -0.3 is 4.42 Å². The maximum atomic E-state index is 6.60. The van der Waals surface area contributed by atoms with Gasteiger partial charge in [-0.3, -0.25) is 4.57 Å². The Kier molecular flexibility index (Phi) is 5.63. The molecule has 0 amide bonds. The third-order valence-electron chi connectivity index (χ3n) is 10.2. The lowest BCUT2D eigenvalue weighted by molar-refractivity contribution is 0.673. The molecular weight excluding hydrogens is 611 g/mol. The van der Waals surface area contributed by atoms with Crippen molar-refractivity contribution >= 4 is 76.2 Å². The first-order valence-corrected chi connectivity index (χ1v) is 16.9. The second-order valence-corrected chi connectivity index (χ2v) is 13.0. The third-order valence-corrected chi connectivity index (χ3v) is 10.2. The van der Waals surface area contributed by atoms with Crippen molar-refractivity contribution in [2.75, 3.05) is 0 Å². The van der Waals surface area contributed by atoms with Crippen molar-refractivity contribution in [1.82, 2.24) is 14.5 Å². The van der Waals surface area contributed by atoms with Crippen LogP contribution < -0.4 is 0 Å². The van der Waals surface area contributed by atoms with Crippen LogP contribution in [0, 0.1) is 0 Å². The van der Waals surface area contributed by atoms with Gasteiger partial charge in [0, 0.05) is 37.9 Å². The van der Waals surface area contributed by atoms with Gasteiger partial charge in [0.2, 0.25) is 5.95 Å². The smallest absolute Gasteiger partial charge is 0.235 e. The van der Waals surface area contributed by atoms with E-state index in [1.165, 1.54) is 38.1 Å². The fraction of sp³-hybridized carbons (Fsp3) is 0. The monoisotopic (exact) mass is 637 g/mol. The molecule has 0 bridgehead atoms. The maximum absolute atomic E-state index is 6.60. The minimum absolute atomic E-state index is 0.636. The number of benzene rings is 8. The van der Waals surface area contributed by atoms with E-state index in [0.717, 1.165) is 60.5 Å². The molecule has 0 atom stereocenters. The minimum atomic E-state index is 0.636. The van der Waals surface area contributed by atoms with E-state index in [9.17, 15) is 0 Å². The average molecular weight is 638 g/mol. The molecule has 0 unspecified atom stereocenters. The highest BCUT2D eigenvalue weighted by Crippen LogP contribution is 2.40. The molecule has 0 N–H and O–H groups in total. The van der Waals surface area contributed by atoms with Crippen LogP contribution >= 0.6 is 0 Å². The van der Waals surface area contributed by atoms with E-state index in [2.05, 4.69) is 162 Å². The van der Waals surface area contributed by atoms with Crippen molar-refractivity contribution in [2.24, 2.45) is 0 Å². The Morgan fingerprint density at radius 2 is 1.10 bits per heavy atom. The quantitative estimate of drug-likeness (QED) is 0.194. The average Bonchev–Trinajstić information content (AvgIpc) is 3.73. The summed E-state index contributed by atoms with van der Waals surface area (Å²) < 4.78 is 8.83. The molecule has 0 aliphatic rings. The van der Waals surface area contributed by atoms with Crippen molar-refractivity contribution in [3.05, 3.63) is 164 Å². The van der Waals surface area contributed by atoms with Gasteiger partial charge in [-0.05, 0) is 69.8 Å². The molecule has 232 valence electrons. The van der Waals surface area contributed by atoms with Crippen LogP contribution in [-0.2, 0) is 0 Å². The van der Waals surface area contributed by atoms with Gasteiger partial charge in [-0.1, -0.05) is 121 Å². The van der Waals surface area contributed by atoms with Crippen molar-refractivity contribution < 1.29 is 4.42 Å². The molecule has 0 aliphatic heterocycles. The van der Waals surface area contributed by atoms with E-state index in [-0.39, 0.29) is 0 Å². The highest BCUT2D eigenvalue weighted by atomic mass is 16.3. The van der Waals surface area contributed by atoms with E-state index in [1.807, 2.05) is 6.07 Å². The van der Waals surface area contributed by atoms with Gasteiger partial charge in [-0.2, -0.15) is 0 Å². The van der Waals surface area contributed by atoms with Crippen LogP contribution in [0.1, 0.15) is 0 Å². The van der Waals surface area contributed by atoms with Crippen LogP contribution in [0.4, 0.5) is 0 Å². The molecule has 0 radical (unpaired) electrons. The standard InChI is InChI=1S/C46H27N3O/c1-2-10-28(11-3-1)31-21-24-40-38(26-31)43-33-14-6-4-12-29(33)20-25-41(43)49(40)46-47-39-17-9-8-16-37(39)44(48-46)32-19-22-35-36-23-18-30-13-5-7-15-34(30)45(36)50-42(35)27-32/h1-27H. The summed E-state index contributed by atoms with van der Waals surface area (Å²) in [6.07, 6.45) is 0. The van der Waals surface area contributed by atoms with Gasteiger partial charge in [0.05, 0.1) is 22.2 Å². The molecule has 3 heterocycles. The maximum Gasteiger partial charge on any atom is 0.235 e. The number of furan rings is 1. The van der Waals surface area contributed by atoms with Crippen molar-refractivity contribution in [3.63, 3.8) is 0 Å².